The molecule has 0 unspecified atom stereocenters. The molecular formula is C18H17N3O4S. The number of ether oxygens (including phenoxy) is 1. The predicted molar refractivity (Wildman–Crippen MR) is 95.6 cm³/mol. The molecule has 3 aromatic heterocycles. The Morgan fingerprint density at radius 1 is 1.31 bits per heavy atom. The fourth-order valence-electron chi connectivity index (χ4n) is 2.27. The summed E-state index contributed by atoms with van der Waals surface area (Å²) in [7, 11) is 0. The van der Waals surface area contributed by atoms with Crippen molar-refractivity contribution in [3.63, 3.8) is 0 Å². The molecule has 0 aromatic carbocycles. The first-order chi connectivity index (χ1) is 12.5. The topological polar surface area (TPSA) is 94.3 Å². The Labute approximate surface area is 154 Å². The Morgan fingerprint density at radius 2 is 2.15 bits per heavy atom. The number of hydrogen-bond donors (Lipinski definition) is 1. The Kier molecular flexibility index (Phi) is 5.43. The summed E-state index contributed by atoms with van der Waals surface area (Å²) in [5, 5.41) is 3.33. The van der Waals surface area contributed by atoms with Gasteiger partial charge in [-0.1, -0.05) is 6.07 Å². The quantitative estimate of drug-likeness (QED) is 0.669. The van der Waals surface area contributed by atoms with Crippen LogP contribution in [0.15, 0.2) is 47.2 Å². The molecule has 0 aliphatic heterocycles. The van der Waals surface area contributed by atoms with Crippen LogP contribution in [-0.4, -0.2) is 28.5 Å². The molecule has 0 saturated heterocycles. The van der Waals surface area contributed by atoms with Crippen LogP contribution in [0.3, 0.4) is 0 Å². The second-order valence-electron chi connectivity index (χ2n) is 5.53. The number of thiazole rings is 1. The van der Waals surface area contributed by atoms with Crippen molar-refractivity contribution in [2.24, 2.45) is 0 Å². The van der Waals surface area contributed by atoms with Gasteiger partial charge in [0, 0.05) is 6.20 Å². The number of carbonyl (C=O) groups is 2. The second kappa shape index (κ2) is 7.92. The lowest BCUT2D eigenvalue weighted by atomic mass is 10.2. The van der Waals surface area contributed by atoms with E-state index in [1.165, 1.54) is 17.6 Å². The minimum Gasteiger partial charge on any atom is -0.467 e. The zero-order valence-electron chi connectivity index (χ0n) is 14.3. The van der Waals surface area contributed by atoms with Gasteiger partial charge in [-0.05, 0) is 38.1 Å². The van der Waals surface area contributed by atoms with Crippen molar-refractivity contribution in [1.82, 2.24) is 15.3 Å². The summed E-state index contributed by atoms with van der Waals surface area (Å²) >= 11 is 1.19. The highest BCUT2D eigenvalue weighted by atomic mass is 32.1. The molecule has 0 radical (unpaired) electrons. The third-order valence-electron chi connectivity index (χ3n) is 3.55. The van der Waals surface area contributed by atoms with Gasteiger partial charge >= 0.3 is 5.97 Å². The molecule has 1 amide bonds. The molecule has 134 valence electrons. The van der Waals surface area contributed by atoms with Crippen LogP contribution < -0.4 is 5.32 Å². The van der Waals surface area contributed by atoms with Crippen molar-refractivity contribution < 1.29 is 18.7 Å². The third kappa shape index (κ3) is 4.15. The van der Waals surface area contributed by atoms with E-state index in [1.807, 2.05) is 18.2 Å². The molecule has 0 aliphatic carbocycles. The number of amides is 1. The van der Waals surface area contributed by atoms with Gasteiger partial charge < -0.3 is 14.5 Å². The number of hydrogen-bond acceptors (Lipinski definition) is 7. The number of aryl methyl sites for hydroxylation is 1. The van der Waals surface area contributed by atoms with Crippen molar-refractivity contribution in [1.29, 1.82) is 0 Å². The first-order valence-electron chi connectivity index (χ1n) is 7.93. The highest BCUT2D eigenvalue weighted by Gasteiger charge is 2.20. The molecule has 0 aliphatic rings. The number of nitrogens with zero attached hydrogens (tertiary/aromatic N) is 2. The van der Waals surface area contributed by atoms with Crippen LogP contribution in [0.25, 0.3) is 10.7 Å². The average molecular weight is 371 g/mol. The first kappa shape index (κ1) is 17.8. The van der Waals surface area contributed by atoms with Gasteiger partial charge in [0.25, 0.3) is 5.91 Å². The summed E-state index contributed by atoms with van der Waals surface area (Å²) < 4.78 is 10.3. The molecule has 3 aromatic rings. The highest BCUT2D eigenvalue weighted by molar-refractivity contribution is 7.17. The van der Waals surface area contributed by atoms with Gasteiger partial charge in [0.2, 0.25) is 0 Å². The summed E-state index contributed by atoms with van der Waals surface area (Å²) in [6.07, 6.45) is 3.19. The van der Waals surface area contributed by atoms with Gasteiger partial charge in [-0.15, -0.1) is 11.3 Å². The van der Waals surface area contributed by atoms with Crippen molar-refractivity contribution in [2.75, 3.05) is 6.61 Å². The number of nitrogens with one attached hydrogen (secondary N) is 1. The van der Waals surface area contributed by atoms with Crippen LogP contribution >= 0.6 is 11.3 Å². The Bertz CT molecular complexity index is 891. The molecule has 1 atom stereocenters. The van der Waals surface area contributed by atoms with Crippen LogP contribution in [0, 0.1) is 6.92 Å². The maximum absolute atomic E-state index is 12.3. The molecular weight excluding hydrogens is 354 g/mol. The number of esters is 1. The Morgan fingerprint density at radius 3 is 2.85 bits per heavy atom. The van der Waals surface area contributed by atoms with Gasteiger partial charge in [-0.2, -0.15) is 0 Å². The van der Waals surface area contributed by atoms with Gasteiger partial charge in [-0.25, -0.2) is 9.78 Å². The fourth-order valence-corrected chi connectivity index (χ4v) is 3.21. The monoisotopic (exact) mass is 371 g/mol. The van der Waals surface area contributed by atoms with Gasteiger partial charge in [0.15, 0.2) is 6.61 Å². The Balaban J connectivity index is 1.58. The molecule has 0 bridgehead atoms. The van der Waals surface area contributed by atoms with Gasteiger partial charge in [-0.3, -0.25) is 9.78 Å². The zero-order valence-corrected chi connectivity index (χ0v) is 15.1. The Hall–Kier alpha value is -3.00. The van der Waals surface area contributed by atoms with Gasteiger partial charge in [0.05, 0.1) is 23.7 Å². The maximum Gasteiger partial charge on any atom is 0.350 e. The van der Waals surface area contributed by atoms with Crippen LogP contribution in [0.5, 0.6) is 0 Å². The van der Waals surface area contributed by atoms with E-state index in [4.69, 9.17) is 9.15 Å². The zero-order chi connectivity index (χ0) is 18.5. The summed E-state index contributed by atoms with van der Waals surface area (Å²) in [6.45, 7) is 3.13. The second-order valence-corrected chi connectivity index (χ2v) is 6.53. The fraction of sp³-hybridized carbons (Fsp3) is 0.222. The molecule has 0 spiro atoms. The molecule has 3 heterocycles. The number of carbonyl (C=O) groups excluding carboxylic acids is 2. The van der Waals surface area contributed by atoms with E-state index in [9.17, 15) is 9.59 Å². The third-order valence-corrected chi connectivity index (χ3v) is 4.71. The molecule has 0 fully saturated rings. The lowest BCUT2D eigenvalue weighted by molar-refractivity contribution is -0.125. The molecule has 26 heavy (non-hydrogen) atoms. The standard InChI is InChI=1S/C18H17N3O4S/c1-11(14-7-5-9-24-14)20-15(22)10-25-18(23)16-12(2)21-17(26-16)13-6-3-4-8-19-13/h3-9,11H,10H2,1-2H3,(H,20,22)/t11-/m0/s1. The van der Waals surface area contributed by atoms with Crippen molar-refractivity contribution in [3.8, 4) is 10.7 Å². The molecule has 3 rings (SSSR count). The molecule has 1 N–H and O–H groups in total. The molecule has 0 saturated carbocycles. The summed E-state index contributed by atoms with van der Waals surface area (Å²) in [5.41, 5.74) is 1.23. The number of rotatable bonds is 6. The smallest absolute Gasteiger partial charge is 0.350 e. The van der Waals surface area contributed by atoms with Crippen LogP contribution in [0.2, 0.25) is 0 Å². The summed E-state index contributed by atoms with van der Waals surface area (Å²) in [5.74, 6) is -0.361. The van der Waals surface area contributed by atoms with Crippen molar-refractivity contribution in [3.05, 3.63) is 59.1 Å². The van der Waals surface area contributed by atoms with Crippen LogP contribution in [-0.2, 0) is 9.53 Å². The van der Waals surface area contributed by atoms with E-state index >= 15 is 0 Å². The van der Waals surface area contributed by atoms with Crippen molar-refractivity contribution >= 4 is 23.2 Å². The van der Waals surface area contributed by atoms with Crippen LogP contribution in [0.1, 0.15) is 34.1 Å². The number of furan rings is 1. The van der Waals surface area contributed by atoms with Gasteiger partial charge in [0.1, 0.15) is 15.6 Å². The van der Waals surface area contributed by atoms with Crippen LogP contribution in [0.4, 0.5) is 0 Å². The largest absolute Gasteiger partial charge is 0.467 e. The number of aromatic nitrogens is 2. The van der Waals surface area contributed by atoms with E-state index in [-0.39, 0.29) is 12.6 Å². The minimum absolute atomic E-state index is 0.308. The van der Waals surface area contributed by atoms with E-state index in [1.54, 1.807) is 32.2 Å². The molecule has 8 heteroatoms. The SMILES string of the molecule is Cc1nc(-c2ccccn2)sc1C(=O)OCC(=O)N[C@@H](C)c1ccco1. The van der Waals surface area contributed by atoms with E-state index in [0.29, 0.717) is 27.0 Å². The highest BCUT2D eigenvalue weighted by Crippen LogP contribution is 2.26. The van der Waals surface area contributed by atoms with E-state index in [0.717, 1.165) is 0 Å². The molecule has 7 nitrogen and oxygen atoms in total. The van der Waals surface area contributed by atoms with E-state index < -0.39 is 11.9 Å². The summed E-state index contributed by atoms with van der Waals surface area (Å²) in [6, 6.07) is 8.66. The van der Waals surface area contributed by atoms with Crippen molar-refractivity contribution in [2.45, 2.75) is 19.9 Å². The lowest BCUT2D eigenvalue weighted by Crippen LogP contribution is -2.30. The minimum atomic E-state index is -0.581. The summed E-state index contributed by atoms with van der Waals surface area (Å²) in [4.78, 5) is 33.1. The lowest BCUT2D eigenvalue weighted by Gasteiger charge is -2.11. The maximum atomic E-state index is 12.3. The first-order valence-corrected chi connectivity index (χ1v) is 8.75. The normalized spacial score (nSPS) is 11.8. The predicted octanol–water partition coefficient (Wildman–Crippen LogP) is 3.14. The average Bonchev–Trinajstić information content (AvgIpc) is 3.30. The number of pyridine rings is 1. The van der Waals surface area contributed by atoms with E-state index in [2.05, 4.69) is 15.3 Å².